The van der Waals surface area contributed by atoms with Crippen LogP contribution in [0.25, 0.3) is 0 Å². The largest absolute Gasteiger partial charge is 0.504 e. The van der Waals surface area contributed by atoms with Crippen LogP contribution in [0.1, 0.15) is 11.1 Å². The lowest BCUT2D eigenvalue weighted by atomic mass is 10.1. The molecule has 0 bridgehead atoms. The average molecular weight is 206 g/mol. The molecule has 1 aliphatic heterocycles. The fourth-order valence-corrected chi connectivity index (χ4v) is 1.66. The van der Waals surface area contributed by atoms with Crippen molar-refractivity contribution in [1.29, 1.82) is 0 Å². The van der Waals surface area contributed by atoms with E-state index in [-0.39, 0.29) is 5.75 Å². The number of aryl methyl sites for hydroxylation is 1. The van der Waals surface area contributed by atoms with Gasteiger partial charge in [-0.25, -0.2) is 0 Å². The van der Waals surface area contributed by atoms with Crippen LogP contribution in [0.5, 0.6) is 11.5 Å². The van der Waals surface area contributed by atoms with E-state index in [4.69, 9.17) is 4.74 Å². The van der Waals surface area contributed by atoms with Crippen molar-refractivity contribution >= 4 is 5.84 Å². The van der Waals surface area contributed by atoms with Crippen LogP contribution in [0, 0.1) is 6.92 Å². The number of nitrogens with one attached hydrogen (secondary N) is 1. The van der Waals surface area contributed by atoms with Crippen molar-refractivity contribution in [3.63, 3.8) is 0 Å². The van der Waals surface area contributed by atoms with Gasteiger partial charge in [0.15, 0.2) is 11.5 Å². The zero-order chi connectivity index (χ0) is 10.8. The molecule has 0 atom stereocenters. The van der Waals surface area contributed by atoms with Gasteiger partial charge in [0.2, 0.25) is 0 Å². The molecule has 0 aromatic heterocycles. The number of methoxy groups -OCH3 is 1. The van der Waals surface area contributed by atoms with Crippen LogP contribution in [0.15, 0.2) is 17.1 Å². The summed E-state index contributed by atoms with van der Waals surface area (Å²) in [5.74, 6) is 1.38. The predicted octanol–water partition coefficient (Wildman–Crippen LogP) is 1.06. The Labute approximate surface area is 88.6 Å². The molecule has 1 heterocycles. The number of ether oxygens (including phenoxy) is 1. The van der Waals surface area contributed by atoms with E-state index in [1.54, 1.807) is 13.2 Å². The molecule has 0 radical (unpaired) electrons. The first kappa shape index (κ1) is 9.83. The first-order valence-corrected chi connectivity index (χ1v) is 4.88. The topological polar surface area (TPSA) is 53.8 Å². The average Bonchev–Trinajstić information content (AvgIpc) is 2.74. The fourth-order valence-electron chi connectivity index (χ4n) is 1.66. The molecule has 1 aromatic carbocycles. The zero-order valence-corrected chi connectivity index (χ0v) is 8.87. The van der Waals surface area contributed by atoms with E-state index in [1.807, 2.05) is 13.0 Å². The van der Waals surface area contributed by atoms with Gasteiger partial charge in [-0.1, -0.05) is 0 Å². The van der Waals surface area contributed by atoms with Crippen molar-refractivity contribution in [2.75, 3.05) is 20.2 Å². The summed E-state index contributed by atoms with van der Waals surface area (Å²) in [5, 5.41) is 13.1. The van der Waals surface area contributed by atoms with Crippen LogP contribution in [0.3, 0.4) is 0 Å². The molecule has 4 heteroatoms. The number of benzene rings is 1. The van der Waals surface area contributed by atoms with E-state index in [2.05, 4.69) is 10.3 Å². The molecule has 2 N–H and O–H groups in total. The minimum Gasteiger partial charge on any atom is -0.504 e. The standard InChI is InChI=1S/C11H14N2O2/c1-7-5-8(11-12-3-4-13-11)10(14)9(6-7)15-2/h5-6,14H,3-4H2,1-2H3,(H,12,13). The van der Waals surface area contributed by atoms with E-state index in [1.165, 1.54) is 0 Å². The Balaban J connectivity index is 2.50. The van der Waals surface area contributed by atoms with Crippen molar-refractivity contribution in [1.82, 2.24) is 5.32 Å². The summed E-state index contributed by atoms with van der Waals surface area (Å²) < 4.78 is 5.09. The molecule has 0 unspecified atom stereocenters. The van der Waals surface area contributed by atoms with Gasteiger partial charge in [-0.15, -0.1) is 0 Å². The molecule has 80 valence electrons. The van der Waals surface area contributed by atoms with Gasteiger partial charge >= 0.3 is 0 Å². The molecule has 1 aliphatic rings. The van der Waals surface area contributed by atoms with Crippen LogP contribution in [0.2, 0.25) is 0 Å². The number of phenolic OH excluding ortho intramolecular Hbond substituents is 1. The van der Waals surface area contributed by atoms with Crippen molar-refractivity contribution < 1.29 is 9.84 Å². The third kappa shape index (κ3) is 1.75. The molecule has 0 saturated carbocycles. The van der Waals surface area contributed by atoms with Crippen molar-refractivity contribution in [2.24, 2.45) is 4.99 Å². The lowest BCUT2D eigenvalue weighted by Gasteiger charge is -2.10. The molecule has 0 fully saturated rings. The van der Waals surface area contributed by atoms with Gasteiger partial charge in [0.05, 0.1) is 19.2 Å². The van der Waals surface area contributed by atoms with Crippen LogP contribution < -0.4 is 10.1 Å². The van der Waals surface area contributed by atoms with Crippen LogP contribution >= 0.6 is 0 Å². The molecule has 0 saturated heterocycles. The highest BCUT2D eigenvalue weighted by Crippen LogP contribution is 2.31. The summed E-state index contributed by atoms with van der Waals surface area (Å²) in [6.07, 6.45) is 0. The molecular weight excluding hydrogens is 192 g/mol. The second-order valence-corrected chi connectivity index (χ2v) is 3.52. The maximum absolute atomic E-state index is 9.93. The molecule has 4 nitrogen and oxygen atoms in total. The summed E-state index contributed by atoms with van der Waals surface area (Å²) in [5.41, 5.74) is 1.75. The number of nitrogens with zero attached hydrogens (tertiary/aromatic N) is 1. The minimum absolute atomic E-state index is 0.149. The quantitative estimate of drug-likeness (QED) is 0.760. The smallest absolute Gasteiger partial charge is 0.168 e. The Morgan fingerprint density at radius 1 is 1.47 bits per heavy atom. The number of rotatable bonds is 2. The number of phenols is 1. The maximum atomic E-state index is 9.93. The van der Waals surface area contributed by atoms with E-state index >= 15 is 0 Å². The van der Waals surface area contributed by atoms with Crippen molar-refractivity contribution in [3.05, 3.63) is 23.3 Å². The second-order valence-electron chi connectivity index (χ2n) is 3.52. The van der Waals surface area contributed by atoms with E-state index in [0.717, 1.165) is 24.5 Å². The Kier molecular flexibility index (Phi) is 2.49. The Hall–Kier alpha value is -1.71. The van der Waals surface area contributed by atoms with Gasteiger partial charge < -0.3 is 15.2 Å². The SMILES string of the molecule is COc1cc(C)cc(C2=NCCN2)c1O. The number of hydrogen-bond acceptors (Lipinski definition) is 4. The molecular formula is C11H14N2O2. The number of amidine groups is 1. The summed E-state index contributed by atoms with van der Waals surface area (Å²) in [7, 11) is 1.54. The zero-order valence-electron chi connectivity index (χ0n) is 8.87. The summed E-state index contributed by atoms with van der Waals surface area (Å²) in [6, 6.07) is 3.70. The maximum Gasteiger partial charge on any atom is 0.168 e. The molecule has 2 rings (SSSR count). The lowest BCUT2D eigenvalue weighted by Crippen LogP contribution is -2.19. The van der Waals surface area contributed by atoms with Gasteiger partial charge in [0.25, 0.3) is 0 Å². The van der Waals surface area contributed by atoms with E-state index in [9.17, 15) is 5.11 Å². The highest BCUT2D eigenvalue weighted by Gasteiger charge is 2.16. The number of aromatic hydroxyl groups is 1. The third-order valence-corrected chi connectivity index (χ3v) is 2.37. The summed E-state index contributed by atoms with van der Waals surface area (Å²) in [6.45, 7) is 3.54. The van der Waals surface area contributed by atoms with Gasteiger partial charge in [0, 0.05) is 6.54 Å². The molecule has 1 aromatic rings. The minimum atomic E-state index is 0.149. The van der Waals surface area contributed by atoms with Crippen LogP contribution in [-0.2, 0) is 0 Å². The Morgan fingerprint density at radius 3 is 2.87 bits per heavy atom. The van der Waals surface area contributed by atoms with Crippen molar-refractivity contribution in [2.45, 2.75) is 6.92 Å². The van der Waals surface area contributed by atoms with Crippen LogP contribution in [0.4, 0.5) is 0 Å². The molecule has 15 heavy (non-hydrogen) atoms. The van der Waals surface area contributed by atoms with Gasteiger partial charge in [0.1, 0.15) is 5.84 Å². The highest BCUT2D eigenvalue weighted by molar-refractivity contribution is 6.02. The normalized spacial score (nSPS) is 14.7. The second kappa shape index (κ2) is 3.81. The number of aliphatic imine (C=N–C) groups is 1. The Morgan fingerprint density at radius 2 is 2.27 bits per heavy atom. The predicted molar refractivity (Wildman–Crippen MR) is 58.8 cm³/mol. The summed E-state index contributed by atoms with van der Waals surface area (Å²) in [4.78, 5) is 4.27. The molecule has 0 aliphatic carbocycles. The third-order valence-electron chi connectivity index (χ3n) is 2.37. The monoisotopic (exact) mass is 206 g/mol. The first-order chi connectivity index (χ1) is 7.22. The van der Waals surface area contributed by atoms with E-state index < -0.39 is 0 Å². The lowest BCUT2D eigenvalue weighted by molar-refractivity contribution is 0.372. The first-order valence-electron chi connectivity index (χ1n) is 4.88. The Bertz CT molecular complexity index is 413. The van der Waals surface area contributed by atoms with Gasteiger partial charge in [-0.05, 0) is 24.6 Å². The highest BCUT2D eigenvalue weighted by atomic mass is 16.5. The molecule has 0 amide bonds. The van der Waals surface area contributed by atoms with Gasteiger partial charge in [-0.2, -0.15) is 0 Å². The van der Waals surface area contributed by atoms with Crippen molar-refractivity contribution in [3.8, 4) is 11.5 Å². The van der Waals surface area contributed by atoms with E-state index in [0.29, 0.717) is 11.3 Å². The molecule has 0 spiro atoms. The fraction of sp³-hybridized carbons (Fsp3) is 0.364. The van der Waals surface area contributed by atoms with Gasteiger partial charge in [-0.3, -0.25) is 4.99 Å². The number of hydrogen-bond donors (Lipinski definition) is 2. The summed E-state index contributed by atoms with van der Waals surface area (Å²) >= 11 is 0. The van der Waals surface area contributed by atoms with Crippen LogP contribution in [-0.4, -0.2) is 31.1 Å².